The summed E-state index contributed by atoms with van der Waals surface area (Å²) in [5, 5.41) is 2.81. The molecule has 128 valence electrons. The van der Waals surface area contributed by atoms with E-state index in [1.54, 1.807) is 25.3 Å². The molecule has 1 amide bonds. The Morgan fingerprint density at radius 1 is 1.17 bits per heavy atom. The van der Waals surface area contributed by atoms with Gasteiger partial charge in [0.05, 0.1) is 13.0 Å². The summed E-state index contributed by atoms with van der Waals surface area (Å²) in [5.41, 5.74) is 2.29. The van der Waals surface area contributed by atoms with Gasteiger partial charge in [0.25, 0.3) is 0 Å². The molecule has 0 radical (unpaired) electrons. The van der Waals surface area contributed by atoms with Crippen LogP contribution in [0, 0.1) is 5.82 Å². The molecule has 0 unspecified atom stereocenters. The Morgan fingerprint density at radius 2 is 1.92 bits per heavy atom. The summed E-state index contributed by atoms with van der Waals surface area (Å²) >= 11 is 0. The van der Waals surface area contributed by atoms with Crippen LogP contribution < -0.4 is 5.32 Å². The average Bonchev–Trinajstić information content (AvgIpc) is 2.55. The highest BCUT2D eigenvalue weighted by molar-refractivity contribution is 7.84. The number of carbonyl (C=O) groups excluding carboxylic acids is 1. The highest BCUT2D eigenvalue weighted by Gasteiger charge is 2.07. The summed E-state index contributed by atoms with van der Waals surface area (Å²) < 4.78 is 29.7. The van der Waals surface area contributed by atoms with E-state index in [2.05, 4.69) is 5.32 Å². The van der Waals surface area contributed by atoms with E-state index in [4.69, 9.17) is 4.74 Å². The van der Waals surface area contributed by atoms with Gasteiger partial charge in [0.15, 0.2) is 0 Å². The number of amides is 1. The Kier molecular flexibility index (Phi) is 7.08. The molecule has 0 heterocycles. The standard InChI is InChI=1S/C18H20FNO3S/c1-23-9-10-24(22)13-15-3-2-4-17(11-15)20-18(21)12-14-5-7-16(19)8-6-14/h2-8,11H,9-10,12-13H2,1H3,(H,20,21)/t24-/m1/s1. The molecule has 4 nitrogen and oxygen atoms in total. The lowest BCUT2D eigenvalue weighted by Crippen LogP contribution is -2.14. The van der Waals surface area contributed by atoms with Crippen LogP contribution in [0.5, 0.6) is 0 Å². The minimum Gasteiger partial charge on any atom is -0.384 e. The third kappa shape index (κ3) is 6.22. The smallest absolute Gasteiger partial charge is 0.228 e. The molecule has 0 aromatic heterocycles. The van der Waals surface area contributed by atoms with Gasteiger partial charge in [-0.15, -0.1) is 0 Å². The lowest BCUT2D eigenvalue weighted by molar-refractivity contribution is -0.115. The first-order valence-corrected chi connectivity index (χ1v) is 9.03. The molecule has 0 saturated carbocycles. The van der Waals surface area contributed by atoms with Gasteiger partial charge in [-0.05, 0) is 35.4 Å². The highest BCUT2D eigenvalue weighted by Crippen LogP contribution is 2.13. The molecule has 0 aliphatic heterocycles. The normalized spacial score (nSPS) is 11.9. The second-order valence-corrected chi connectivity index (χ2v) is 6.91. The van der Waals surface area contributed by atoms with E-state index in [1.807, 2.05) is 18.2 Å². The van der Waals surface area contributed by atoms with Gasteiger partial charge in [0, 0.05) is 35.1 Å². The minimum atomic E-state index is -0.999. The second-order valence-electron chi connectivity index (χ2n) is 5.33. The maximum atomic E-state index is 12.9. The number of methoxy groups -OCH3 is 1. The quantitative estimate of drug-likeness (QED) is 0.797. The minimum absolute atomic E-state index is 0.171. The van der Waals surface area contributed by atoms with E-state index >= 15 is 0 Å². The summed E-state index contributed by atoms with van der Waals surface area (Å²) in [6.07, 6.45) is 0.171. The van der Waals surface area contributed by atoms with Crippen LogP contribution in [0.4, 0.5) is 10.1 Å². The number of benzene rings is 2. The van der Waals surface area contributed by atoms with E-state index in [9.17, 15) is 13.4 Å². The number of rotatable bonds is 8. The van der Waals surface area contributed by atoms with Crippen LogP contribution in [0.3, 0.4) is 0 Å². The molecule has 2 rings (SSSR count). The predicted molar refractivity (Wildman–Crippen MR) is 93.8 cm³/mol. The van der Waals surface area contributed by atoms with Crippen molar-refractivity contribution in [2.24, 2.45) is 0 Å². The van der Waals surface area contributed by atoms with Crippen molar-refractivity contribution in [1.82, 2.24) is 0 Å². The summed E-state index contributed by atoms with van der Waals surface area (Å²) in [5.74, 6) is 0.399. The highest BCUT2D eigenvalue weighted by atomic mass is 32.2. The molecule has 0 spiro atoms. The van der Waals surface area contributed by atoms with Crippen LogP contribution in [0.15, 0.2) is 48.5 Å². The van der Waals surface area contributed by atoms with E-state index < -0.39 is 10.8 Å². The van der Waals surface area contributed by atoms with Crippen LogP contribution in [0.2, 0.25) is 0 Å². The fourth-order valence-corrected chi connectivity index (χ4v) is 3.21. The second kappa shape index (κ2) is 9.30. The van der Waals surface area contributed by atoms with Crippen molar-refractivity contribution in [3.05, 3.63) is 65.5 Å². The molecule has 0 fully saturated rings. The number of ether oxygens (including phenoxy) is 1. The van der Waals surface area contributed by atoms with Gasteiger partial charge in [0.2, 0.25) is 5.91 Å². The Morgan fingerprint density at radius 3 is 2.62 bits per heavy atom. The molecule has 6 heteroatoms. The van der Waals surface area contributed by atoms with Crippen LogP contribution >= 0.6 is 0 Å². The molecule has 0 aliphatic carbocycles. The van der Waals surface area contributed by atoms with Gasteiger partial charge >= 0.3 is 0 Å². The monoisotopic (exact) mass is 349 g/mol. The molecule has 24 heavy (non-hydrogen) atoms. The number of carbonyl (C=O) groups is 1. The van der Waals surface area contributed by atoms with Crippen LogP contribution in [0.25, 0.3) is 0 Å². The zero-order chi connectivity index (χ0) is 17.4. The largest absolute Gasteiger partial charge is 0.384 e. The zero-order valence-corrected chi connectivity index (χ0v) is 14.3. The molecule has 0 aliphatic rings. The summed E-state index contributed by atoms with van der Waals surface area (Å²) in [7, 11) is 0.579. The predicted octanol–water partition coefficient (Wildman–Crippen LogP) is 2.90. The molecule has 1 N–H and O–H groups in total. The SMILES string of the molecule is COCC[S@@](=O)Cc1cccc(NC(=O)Cc2ccc(F)cc2)c1. The Hall–Kier alpha value is -2.05. The maximum Gasteiger partial charge on any atom is 0.228 e. The van der Waals surface area contributed by atoms with Crippen molar-refractivity contribution in [2.75, 3.05) is 24.8 Å². The number of halogens is 1. The van der Waals surface area contributed by atoms with E-state index in [0.717, 1.165) is 11.1 Å². The average molecular weight is 349 g/mol. The topological polar surface area (TPSA) is 55.4 Å². The lowest BCUT2D eigenvalue weighted by atomic mass is 10.1. The van der Waals surface area contributed by atoms with Crippen LogP contribution in [-0.2, 0) is 32.5 Å². The maximum absolute atomic E-state index is 12.9. The van der Waals surface area contributed by atoms with Crippen molar-refractivity contribution in [3.63, 3.8) is 0 Å². The van der Waals surface area contributed by atoms with Gasteiger partial charge in [-0.2, -0.15) is 0 Å². The van der Waals surface area contributed by atoms with E-state index in [0.29, 0.717) is 23.8 Å². The molecular weight excluding hydrogens is 329 g/mol. The van der Waals surface area contributed by atoms with Crippen LogP contribution in [0.1, 0.15) is 11.1 Å². The van der Waals surface area contributed by atoms with Gasteiger partial charge < -0.3 is 10.1 Å². The Bertz CT molecular complexity index is 704. The fraction of sp³-hybridized carbons (Fsp3) is 0.278. The molecular formula is C18H20FNO3S. The molecule has 2 aromatic rings. The molecule has 0 bridgehead atoms. The Balaban J connectivity index is 1.92. The third-order valence-electron chi connectivity index (χ3n) is 3.33. The van der Waals surface area contributed by atoms with Gasteiger partial charge in [-0.1, -0.05) is 24.3 Å². The fourth-order valence-electron chi connectivity index (χ4n) is 2.17. The number of hydrogen-bond donors (Lipinski definition) is 1. The van der Waals surface area contributed by atoms with Crippen molar-refractivity contribution >= 4 is 22.4 Å². The lowest BCUT2D eigenvalue weighted by Gasteiger charge is -2.08. The molecule has 2 aromatic carbocycles. The number of anilines is 1. The third-order valence-corrected chi connectivity index (χ3v) is 4.61. The number of nitrogens with one attached hydrogen (secondary N) is 1. The molecule has 1 atom stereocenters. The summed E-state index contributed by atoms with van der Waals surface area (Å²) in [4.78, 5) is 12.1. The van der Waals surface area contributed by atoms with Crippen molar-refractivity contribution in [3.8, 4) is 0 Å². The van der Waals surface area contributed by atoms with Gasteiger partial charge in [-0.3, -0.25) is 9.00 Å². The molecule has 0 saturated heterocycles. The number of hydrogen-bond acceptors (Lipinski definition) is 3. The van der Waals surface area contributed by atoms with Crippen molar-refractivity contribution in [1.29, 1.82) is 0 Å². The van der Waals surface area contributed by atoms with Crippen molar-refractivity contribution in [2.45, 2.75) is 12.2 Å². The first-order valence-electron chi connectivity index (χ1n) is 7.54. The van der Waals surface area contributed by atoms with Gasteiger partial charge in [-0.25, -0.2) is 4.39 Å². The first-order chi connectivity index (χ1) is 11.6. The summed E-state index contributed by atoms with van der Waals surface area (Å²) in [6, 6.07) is 13.1. The van der Waals surface area contributed by atoms with E-state index in [1.165, 1.54) is 12.1 Å². The zero-order valence-electron chi connectivity index (χ0n) is 13.5. The van der Waals surface area contributed by atoms with Gasteiger partial charge in [0.1, 0.15) is 5.82 Å². The van der Waals surface area contributed by atoms with E-state index in [-0.39, 0.29) is 18.1 Å². The first kappa shape index (κ1) is 18.3. The van der Waals surface area contributed by atoms with Crippen molar-refractivity contribution < 1.29 is 18.1 Å². The summed E-state index contributed by atoms with van der Waals surface area (Å²) in [6.45, 7) is 0.459. The van der Waals surface area contributed by atoms with Crippen LogP contribution in [-0.4, -0.2) is 29.6 Å². The Labute approximate surface area is 143 Å².